The van der Waals surface area contributed by atoms with Gasteiger partial charge in [0.2, 0.25) is 0 Å². The first kappa shape index (κ1) is 17.6. The number of phenolic OH excluding ortho intramolecular Hbond substituents is 1. The maximum atomic E-state index is 13.3. The van der Waals surface area contributed by atoms with Gasteiger partial charge in [0.05, 0.1) is 0 Å². The summed E-state index contributed by atoms with van der Waals surface area (Å²) >= 11 is 3.13. The number of phenols is 1. The first-order chi connectivity index (χ1) is 8.89. The molecule has 3 nitrogen and oxygen atoms in total. The highest BCUT2D eigenvalue weighted by Crippen LogP contribution is 2.41. The highest BCUT2D eigenvalue weighted by molar-refractivity contribution is 9.10. The van der Waals surface area contributed by atoms with Gasteiger partial charge in [-0.3, -0.25) is 4.90 Å². The second-order valence-electron chi connectivity index (χ2n) is 4.43. The van der Waals surface area contributed by atoms with E-state index in [1.54, 1.807) is 0 Å². The second-order valence-corrected chi connectivity index (χ2v) is 5.35. The van der Waals surface area contributed by atoms with Gasteiger partial charge in [-0.05, 0) is 12.1 Å². The molecule has 0 aliphatic carbocycles. The Morgan fingerprint density at radius 3 is 2.35 bits per heavy atom. The van der Waals surface area contributed by atoms with Crippen molar-refractivity contribution in [2.24, 2.45) is 0 Å². The van der Waals surface area contributed by atoms with Crippen LogP contribution in [0.25, 0.3) is 0 Å². The highest BCUT2D eigenvalue weighted by atomic mass is 79.9. The number of nitrogens with one attached hydrogen (secondary N) is 1. The molecule has 1 aliphatic heterocycles. The number of piperazine rings is 1. The van der Waals surface area contributed by atoms with Crippen LogP contribution in [-0.2, 0) is 0 Å². The van der Waals surface area contributed by atoms with Gasteiger partial charge >= 0.3 is 6.18 Å². The van der Waals surface area contributed by atoms with Gasteiger partial charge in [-0.25, -0.2) is 0 Å². The molecule has 1 atom stereocenters. The smallest absolute Gasteiger partial charge is 0.408 e. The Hall–Kier alpha value is -0.500. The van der Waals surface area contributed by atoms with Crippen LogP contribution in [0, 0.1) is 0 Å². The Morgan fingerprint density at radius 1 is 1.25 bits per heavy atom. The van der Waals surface area contributed by atoms with Gasteiger partial charge in [0.25, 0.3) is 0 Å². The molecule has 0 spiro atoms. The third kappa shape index (κ3) is 4.00. The lowest BCUT2D eigenvalue weighted by Gasteiger charge is -2.36. The Kier molecular flexibility index (Phi) is 6.12. The van der Waals surface area contributed by atoms with E-state index in [4.69, 9.17) is 0 Å². The summed E-state index contributed by atoms with van der Waals surface area (Å²) in [4.78, 5) is 1.35. The number of hydrogen-bond donors (Lipinski definition) is 2. The zero-order chi connectivity index (χ0) is 14.0. The Labute approximate surface area is 129 Å². The van der Waals surface area contributed by atoms with Crippen molar-refractivity contribution in [3.63, 3.8) is 0 Å². The van der Waals surface area contributed by atoms with Crippen LogP contribution in [0.1, 0.15) is 11.6 Å². The highest BCUT2D eigenvalue weighted by Gasteiger charge is 2.46. The summed E-state index contributed by atoms with van der Waals surface area (Å²) in [5.74, 6) is -0.338. The van der Waals surface area contributed by atoms with Crippen LogP contribution in [0.15, 0.2) is 22.7 Å². The van der Waals surface area contributed by atoms with E-state index < -0.39 is 12.2 Å². The van der Waals surface area contributed by atoms with Crippen LogP contribution in [0.5, 0.6) is 5.75 Å². The van der Waals surface area contributed by atoms with Crippen LogP contribution >= 0.6 is 28.3 Å². The van der Waals surface area contributed by atoms with Gasteiger partial charge in [0.15, 0.2) is 0 Å². The molecular formula is C12H15BrClF3N2O. The summed E-state index contributed by atoms with van der Waals surface area (Å²) in [5, 5.41) is 12.8. The number of alkyl halides is 3. The molecule has 2 N–H and O–H groups in total. The van der Waals surface area contributed by atoms with Gasteiger partial charge in [-0.2, -0.15) is 13.2 Å². The standard InChI is InChI=1S/C12H14BrF3N2O.ClH/c13-8-1-2-9(10(19)7-8)11(12(14,15)16)18-5-3-17-4-6-18;/h1-2,7,11,17,19H,3-6H2;1H/t11-;/m1./s1. The van der Waals surface area contributed by atoms with E-state index in [0.717, 1.165) is 0 Å². The quantitative estimate of drug-likeness (QED) is 0.834. The molecule has 8 heteroatoms. The third-order valence-corrected chi connectivity index (χ3v) is 3.61. The largest absolute Gasteiger partial charge is 0.508 e. The summed E-state index contributed by atoms with van der Waals surface area (Å²) < 4.78 is 40.4. The molecule has 2 rings (SSSR count). The molecule has 0 amide bonds. The molecule has 0 aromatic heterocycles. The molecule has 1 fully saturated rings. The van der Waals surface area contributed by atoms with Crippen LogP contribution in [-0.4, -0.2) is 42.4 Å². The van der Waals surface area contributed by atoms with Crippen molar-refractivity contribution in [2.45, 2.75) is 12.2 Å². The average molecular weight is 376 g/mol. The second kappa shape index (κ2) is 6.98. The van der Waals surface area contributed by atoms with Crippen LogP contribution in [0.4, 0.5) is 13.2 Å². The van der Waals surface area contributed by atoms with Crippen molar-refractivity contribution < 1.29 is 18.3 Å². The molecular weight excluding hydrogens is 360 g/mol. The van der Waals surface area contributed by atoms with E-state index >= 15 is 0 Å². The van der Waals surface area contributed by atoms with Crippen molar-refractivity contribution in [1.82, 2.24) is 10.2 Å². The van der Waals surface area contributed by atoms with Crippen molar-refractivity contribution in [2.75, 3.05) is 26.2 Å². The first-order valence-electron chi connectivity index (χ1n) is 5.89. The van der Waals surface area contributed by atoms with Gasteiger partial charge in [-0.1, -0.05) is 22.0 Å². The summed E-state index contributed by atoms with van der Waals surface area (Å²) in [6.07, 6.45) is -4.41. The zero-order valence-electron chi connectivity index (χ0n) is 10.5. The Balaban J connectivity index is 0.00000200. The Bertz CT molecular complexity index is 453. The first-order valence-corrected chi connectivity index (χ1v) is 6.69. The molecule has 0 radical (unpaired) electrons. The fourth-order valence-electron chi connectivity index (χ4n) is 2.27. The lowest BCUT2D eigenvalue weighted by Crippen LogP contribution is -2.49. The average Bonchev–Trinajstić information content (AvgIpc) is 2.32. The number of aromatic hydroxyl groups is 1. The predicted molar refractivity (Wildman–Crippen MR) is 76.3 cm³/mol. The van der Waals surface area contributed by atoms with Gasteiger partial charge in [0.1, 0.15) is 11.8 Å². The number of nitrogens with zero attached hydrogens (tertiary/aromatic N) is 1. The SMILES string of the molecule is Cl.Oc1cc(Br)ccc1[C@@H](N1CCNCC1)C(F)(F)F. The Morgan fingerprint density at radius 2 is 1.85 bits per heavy atom. The van der Waals surface area contributed by atoms with E-state index in [1.807, 2.05) is 0 Å². The summed E-state index contributed by atoms with van der Waals surface area (Å²) in [6.45, 7) is 1.65. The van der Waals surface area contributed by atoms with Crippen molar-refractivity contribution in [3.05, 3.63) is 28.2 Å². The van der Waals surface area contributed by atoms with Gasteiger partial charge in [0, 0.05) is 36.2 Å². The molecule has 1 aliphatic rings. The lowest BCUT2D eigenvalue weighted by atomic mass is 10.0. The molecule has 1 aromatic rings. The summed E-state index contributed by atoms with van der Waals surface area (Å²) in [7, 11) is 0. The summed E-state index contributed by atoms with van der Waals surface area (Å²) in [6, 6.07) is 2.36. The van der Waals surface area contributed by atoms with Crippen LogP contribution in [0.3, 0.4) is 0 Å². The maximum absolute atomic E-state index is 13.3. The predicted octanol–water partition coefficient (Wildman–Crippen LogP) is 3.09. The van der Waals surface area contributed by atoms with Gasteiger partial charge < -0.3 is 10.4 Å². The molecule has 1 saturated heterocycles. The molecule has 20 heavy (non-hydrogen) atoms. The topological polar surface area (TPSA) is 35.5 Å². The van der Waals surface area contributed by atoms with E-state index in [9.17, 15) is 18.3 Å². The van der Waals surface area contributed by atoms with Crippen molar-refractivity contribution in [1.29, 1.82) is 0 Å². The molecule has 114 valence electrons. The van der Waals surface area contributed by atoms with Crippen LogP contribution < -0.4 is 5.32 Å². The normalized spacial score (nSPS) is 18.4. The molecule has 0 bridgehead atoms. The lowest BCUT2D eigenvalue weighted by molar-refractivity contribution is -0.188. The minimum absolute atomic E-state index is 0. The molecule has 0 unspecified atom stereocenters. The number of benzene rings is 1. The van der Waals surface area contributed by atoms with Gasteiger partial charge in [-0.15, -0.1) is 12.4 Å². The fourth-order valence-corrected chi connectivity index (χ4v) is 2.62. The summed E-state index contributed by atoms with van der Waals surface area (Å²) in [5.41, 5.74) is -0.0994. The molecule has 1 heterocycles. The third-order valence-electron chi connectivity index (χ3n) is 3.11. The zero-order valence-corrected chi connectivity index (χ0v) is 12.9. The number of hydrogen-bond acceptors (Lipinski definition) is 3. The van der Waals surface area contributed by atoms with E-state index in [2.05, 4.69) is 21.2 Å². The van der Waals surface area contributed by atoms with Crippen LogP contribution in [0.2, 0.25) is 0 Å². The van der Waals surface area contributed by atoms with Crippen molar-refractivity contribution in [3.8, 4) is 5.75 Å². The monoisotopic (exact) mass is 374 g/mol. The van der Waals surface area contributed by atoms with Crippen molar-refractivity contribution >= 4 is 28.3 Å². The minimum atomic E-state index is -4.41. The maximum Gasteiger partial charge on any atom is 0.408 e. The molecule has 1 aromatic carbocycles. The minimum Gasteiger partial charge on any atom is -0.508 e. The molecule has 0 saturated carbocycles. The van der Waals surface area contributed by atoms with E-state index in [-0.39, 0.29) is 23.7 Å². The van der Waals surface area contributed by atoms with E-state index in [1.165, 1.54) is 23.1 Å². The number of rotatable bonds is 2. The number of halogens is 5. The fraction of sp³-hybridized carbons (Fsp3) is 0.500. The van der Waals surface area contributed by atoms with E-state index in [0.29, 0.717) is 30.7 Å².